The van der Waals surface area contributed by atoms with Crippen LogP contribution in [0.2, 0.25) is 0 Å². The van der Waals surface area contributed by atoms with E-state index in [-0.39, 0.29) is 59.1 Å². The molecule has 0 aliphatic carbocycles. The summed E-state index contributed by atoms with van der Waals surface area (Å²) >= 11 is 0. The SMILES string of the molecule is CC(C)C(C(N)=O)C(C(=O)O)C(C)C.CC(C)C1C(=O)OC(=O)C1C(C)C.N.O. The van der Waals surface area contributed by atoms with Gasteiger partial charge in [0.15, 0.2) is 0 Å². The van der Waals surface area contributed by atoms with Crippen LogP contribution >= 0.6 is 0 Å². The normalized spacial score (nSPS) is 20.4. The lowest BCUT2D eigenvalue weighted by atomic mass is 9.77. The Morgan fingerprint density at radius 2 is 1.14 bits per heavy atom. The number of cyclic esters (lactones) is 2. The van der Waals surface area contributed by atoms with Crippen molar-refractivity contribution in [2.75, 3.05) is 0 Å². The molecule has 1 rings (SSSR count). The molecule has 8 N–H and O–H groups in total. The van der Waals surface area contributed by atoms with Crippen molar-refractivity contribution in [1.29, 1.82) is 0 Å². The van der Waals surface area contributed by atoms with E-state index in [4.69, 9.17) is 10.8 Å². The lowest BCUT2D eigenvalue weighted by Crippen LogP contribution is -2.40. The second-order valence-corrected chi connectivity index (χ2v) is 8.56. The van der Waals surface area contributed by atoms with E-state index in [1.807, 2.05) is 41.5 Å². The third-order valence-electron chi connectivity index (χ3n) is 5.01. The average Bonchev–Trinajstić information content (AvgIpc) is 2.78. The van der Waals surface area contributed by atoms with E-state index in [2.05, 4.69) is 4.74 Å². The van der Waals surface area contributed by atoms with Crippen LogP contribution in [0.15, 0.2) is 0 Å². The first kappa shape index (κ1) is 31.7. The maximum absolute atomic E-state index is 11.3. The van der Waals surface area contributed by atoms with Crippen LogP contribution in [0.3, 0.4) is 0 Å². The Morgan fingerprint density at radius 3 is 1.28 bits per heavy atom. The molecule has 9 nitrogen and oxygen atoms in total. The lowest BCUT2D eigenvalue weighted by molar-refractivity contribution is -0.154. The molecular weight excluding hydrogens is 380 g/mol. The van der Waals surface area contributed by atoms with E-state index in [1.54, 1.807) is 13.8 Å². The van der Waals surface area contributed by atoms with Crippen molar-refractivity contribution in [3.8, 4) is 0 Å². The van der Waals surface area contributed by atoms with Gasteiger partial charge < -0.3 is 27.2 Å². The molecule has 1 amide bonds. The molecule has 172 valence electrons. The molecule has 9 heteroatoms. The van der Waals surface area contributed by atoms with E-state index in [0.717, 1.165) is 0 Å². The van der Waals surface area contributed by atoms with Crippen molar-refractivity contribution in [3.05, 3.63) is 0 Å². The fourth-order valence-electron chi connectivity index (χ4n) is 3.68. The topological polar surface area (TPSA) is 190 Å². The van der Waals surface area contributed by atoms with Gasteiger partial charge in [-0.3, -0.25) is 19.2 Å². The summed E-state index contributed by atoms with van der Waals surface area (Å²) in [6.07, 6.45) is 0. The number of primary amides is 1. The standard InChI is InChI=1S/C10H19NO3.C10H16O3.H3N.H2O/c1-5(2)7(9(11)12)8(6(3)4)10(13)14;1-5(2)7-8(6(3)4)10(12)13-9(7)11;;/h5-8H,1-4H3,(H2,11,12)(H,13,14);5-8H,1-4H3;1H3;1H2. The van der Waals surface area contributed by atoms with Crippen LogP contribution in [0.1, 0.15) is 55.4 Å². The Morgan fingerprint density at radius 1 is 0.828 bits per heavy atom. The monoisotopic (exact) mass is 420 g/mol. The summed E-state index contributed by atoms with van der Waals surface area (Å²) in [5.41, 5.74) is 5.21. The van der Waals surface area contributed by atoms with Crippen molar-refractivity contribution in [3.63, 3.8) is 0 Å². The number of rotatable bonds is 7. The van der Waals surface area contributed by atoms with E-state index in [0.29, 0.717) is 0 Å². The fraction of sp³-hybridized carbons (Fsp3) is 0.800. The predicted molar refractivity (Wildman–Crippen MR) is 110 cm³/mol. The maximum Gasteiger partial charge on any atom is 0.317 e. The first-order chi connectivity index (χ1) is 12.2. The minimum Gasteiger partial charge on any atom is -0.481 e. The highest BCUT2D eigenvalue weighted by Gasteiger charge is 2.47. The van der Waals surface area contributed by atoms with E-state index in [9.17, 15) is 19.2 Å². The summed E-state index contributed by atoms with van der Waals surface area (Å²) in [6, 6.07) is 0. The van der Waals surface area contributed by atoms with Gasteiger partial charge in [0.1, 0.15) is 0 Å². The van der Waals surface area contributed by atoms with Gasteiger partial charge >= 0.3 is 17.9 Å². The van der Waals surface area contributed by atoms with Gasteiger partial charge in [-0.15, -0.1) is 0 Å². The number of hydrogen-bond acceptors (Lipinski definition) is 6. The molecule has 0 aromatic heterocycles. The van der Waals surface area contributed by atoms with Gasteiger partial charge in [-0.05, 0) is 23.7 Å². The zero-order chi connectivity index (χ0) is 21.6. The Balaban J connectivity index is -0.000000437. The number of esters is 2. The Hall–Kier alpha value is -2.00. The van der Waals surface area contributed by atoms with Crippen molar-refractivity contribution in [2.45, 2.75) is 55.4 Å². The molecule has 1 aliphatic rings. The molecule has 1 heterocycles. The lowest BCUT2D eigenvalue weighted by Gasteiger charge is -2.27. The molecular formula is C20H40N2O7. The Kier molecular flexibility index (Phi) is 14.5. The van der Waals surface area contributed by atoms with Gasteiger partial charge in [0, 0.05) is 0 Å². The first-order valence-corrected chi connectivity index (χ1v) is 9.51. The number of carboxylic acids is 1. The predicted octanol–water partition coefficient (Wildman–Crippen LogP) is 2.05. The fourth-order valence-corrected chi connectivity index (χ4v) is 3.68. The quantitative estimate of drug-likeness (QED) is 0.414. The van der Waals surface area contributed by atoms with Gasteiger partial charge in [0.2, 0.25) is 5.91 Å². The van der Waals surface area contributed by atoms with Crippen LogP contribution in [0.4, 0.5) is 0 Å². The van der Waals surface area contributed by atoms with Gasteiger partial charge in [-0.1, -0.05) is 55.4 Å². The second kappa shape index (κ2) is 13.3. The van der Waals surface area contributed by atoms with Crippen molar-refractivity contribution >= 4 is 23.8 Å². The van der Waals surface area contributed by atoms with Gasteiger partial charge in [-0.2, -0.15) is 0 Å². The van der Waals surface area contributed by atoms with Crippen molar-refractivity contribution < 1.29 is 34.5 Å². The summed E-state index contributed by atoms with van der Waals surface area (Å²) in [5.74, 6) is -3.72. The van der Waals surface area contributed by atoms with Crippen LogP contribution in [-0.2, 0) is 23.9 Å². The molecule has 0 saturated carbocycles. The molecule has 4 atom stereocenters. The molecule has 1 saturated heterocycles. The van der Waals surface area contributed by atoms with Crippen LogP contribution in [0, 0.1) is 47.3 Å². The summed E-state index contributed by atoms with van der Waals surface area (Å²) in [4.78, 5) is 44.7. The number of carbonyl (C=O) groups is 4. The minimum atomic E-state index is -0.947. The third kappa shape index (κ3) is 8.49. The summed E-state index contributed by atoms with van der Waals surface area (Å²) in [5, 5.41) is 9.00. The number of carbonyl (C=O) groups excluding carboxylic acids is 3. The first-order valence-electron chi connectivity index (χ1n) is 9.51. The third-order valence-corrected chi connectivity index (χ3v) is 5.01. The zero-order valence-electron chi connectivity index (χ0n) is 18.9. The van der Waals surface area contributed by atoms with Crippen LogP contribution in [0.5, 0.6) is 0 Å². The minimum absolute atomic E-state index is 0. The smallest absolute Gasteiger partial charge is 0.317 e. The Labute approximate surface area is 173 Å². The highest BCUT2D eigenvalue weighted by Crippen LogP contribution is 2.34. The molecule has 4 unspecified atom stereocenters. The van der Waals surface area contributed by atoms with E-state index < -0.39 is 23.7 Å². The maximum atomic E-state index is 11.3. The Bertz CT molecular complexity index is 511. The highest BCUT2D eigenvalue weighted by molar-refractivity contribution is 5.96. The average molecular weight is 421 g/mol. The molecule has 1 aliphatic heterocycles. The highest BCUT2D eigenvalue weighted by atomic mass is 16.6. The van der Waals surface area contributed by atoms with E-state index in [1.165, 1.54) is 0 Å². The van der Waals surface area contributed by atoms with Crippen LogP contribution in [0.25, 0.3) is 0 Å². The number of hydrogen-bond donors (Lipinski definition) is 3. The molecule has 0 radical (unpaired) electrons. The zero-order valence-corrected chi connectivity index (χ0v) is 18.9. The number of amides is 1. The summed E-state index contributed by atoms with van der Waals surface area (Å²) in [6.45, 7) is 15.0. The number of nitrogens with two attached hydrogens (primary N) is 1. The van der Waals surface area contributed by atoms with Crippen LogP contribution in [-0.4, -0.2) is 34.4 Å². The summed E-state index contributed by atoms with van der Waals surface area (Å²) in [7, 11) is 0. The molecule has 0 spiro atoms. The number of carboxylic acid groups (broad SMARTS) is 1. The second-order valence-electron chi connectivity index (χ2n) is 8.56. The number of aliphatic carboxylic acids is 1. The molecule has 0 aromatic rings. The van der Waals surface area contributed by atoms with Crippen molar-refractivity contribution in [1.82, 2.24) is 6.15 Å². The van der Waals surface area contributed by atoms with Crippen molar-refractivity contribution in [2.24, 2.45) is 53.1 Å². The largest absolute Gasteiger partial charge is 0.481 e. The molecule has 29 heavy (non-hydrogen) atoms. The molecule has 0 aromatic carbocycles. The molecule has 0 bridgehead atoms. The van der Waals surface area contributed by atoms with E-state index >= 15 is 0 Å². The van der Waals surface area contributed by atoms with Crippen LogP contribution < -0.4 is 11.9 Å². The van der Waals surface area contributed by atoms with Gasteiger partial charge in [0.05, 0.1) is 23.7 Å². The molecule has 1 fully saturated rings. The number of ether oxygens (including phenoxy) is 1. The summed E-state index contributed by atoms with van der Waals surface area (Å²) < 4.78 is 4.63. The van der Waals surface area contributed by atoms with Gasteiger partial charge in [-0.25, -0.2) is 0 Å². The van der Waals surface area contributed by atoms with Gasteiger partial charge in [0.25, 0.3) is 0 Å².